The molecule has 0 saturated carbocycles. The van der Waals surface area contributed by atoms with Gasteiger partial charge in [-0.15, -0.1) is 0 Å². The summed E-state index contributed by atoms with van der Waals surface area (Å²) >= 11 is 0. The van der Waals surface area contributed by atoms with E-state index < -0.39 is 5.92 Å². The van der Waals surface area contributed by atoms with Crippen molar-refractivity contribution in [3.63, 3.8) is 0 Å². The number of methoxy groups -OCH3 is 1. The van der Waals surface area contributed by atoms with Crippen LogP contribution in [0, 0.1) is 24.1 Å². The Hall–Kier alpha value is -2.54. The molecule has 0 radical (unpaired) electrons. The van der Waals surface area contributed by atoms with Crippen molar-refractivity contribution in [2.75, 3.05) is 13.7 Å². The molecule has 0 aliphatic heterocycles. The fourth-order valence-electron chi connectivity index (χ4n) is 2.27. The van der Waals surface area contributed by atoms with E-state index in [1.54, 1.807) is 0 Å². The first-order valence-corrected chi connectivity index (χ1v) is 7.07. The van der Waals surface area contributed by atoms with Crippen LogP contribution in [0.1, 0.15) is 23.5 Å². The summed E-state index contributed by atoms with van der Waals surface area (Å²) in [6.45, 7) is 2.34. The Morgan fingerprint density at radius 3 is 2.64 bits per heavy atom. The van der Waals surface area contributed by atoms with Gasteiger partial charge < -0.3 is 9.47 Å². The van der Waals surface area contributed by atoms with Gasteiger partial charge in [-0.2, -0.15) is 5.26 Å². The minimum Gasteiger partial charge on any atom is -0.496 e. The molecule has 0 aliphatic carbocycles. The molecule has 1 unspecified atom stereocenters. The third-order valence-electron chi connectivity index (χ3n) is 3.48. The van der Waals surface area contributed by atoms with Crippen molar-refractivity contribution in [1.29, 1.82) is 5.26 Å². The maximum atomic E-state index is 13.4. The van der Waals surface area contributed by atoms with Crippen molar-refractivity contribution in [2.24, 2.45) is 0 Å². The first-order valence-electron chi connectivity index (χ1n) is 7.07. The van der Waals surface area contributed by atoms with Crippen LogP contribution in [0.2, 0.25) is 0 Å². The molecule has 0 bridgehead atoms. The third kappa shape index (κ3) is 3.76. The number of nitrogens with zero attached hydrogens (tertiary/aromatic N) is 1. The van der Waals surface area contributed by atoms with Crippen molar-refractivity contribution in [1.82, 2.24) is 0 Å². The van der Waals surface area contributed by atoms with Crippen LogP contribution in [0.3, 0.4) is 0 Å². The molecular weight excluding hydrogens is 281 g/mol. The number of halogens is 1. The van der Waals surface area contributed by atoms with E-state index in [0.717, 1.165) is 11.3 Å². The van der Waals surface area contributed by atoms with Crippen LogP contribution in [0.25, 0.3) is 0 Å². The number of benzene rings is 2. The van der Waals surface area contributed by atoms with Crippen molar-refractivity contribution < 1.29 is 13.9 Å². The Bertz CT molecular complexity index is 679. The van der Waals surface area contributed by atoms with Crippen LogP contribution in [-0.2, 0) is 0 Å². The summed E-state index contributed by atoms with van der Waals surface area (Å²) in [7, 11) is 1.51. The van der Waals surface area contributed by atoms with Crippen LogP contribution in [0.15, 0.2) is 42.5 Å². The van der Waals surface area contributed by atoms with Crippen molar-refractivity contribution in [3.05, 3.63) is 59.4 Å². The van der Waals surface area contributed by atoms with Crippen LogP contribution in [0.4, 0.5) is 4.39 Å². The van der Waals surface area contributed by atoms with E-state index >= 15 is 0 Å². The first kappa shape index (κ1) is 15.8. The number of hydrogen-bond acceptors (Lipinski definition) is 3. The van der Waals surface area contributed by atoms with E-state index in [2.05, 4.69) is 6.07 Å². The van der Waals surface area contributed by atoms with Crippen molar-refractivity contribution in [3.8, 4) is 17.6 Å². The SMILES string of the molecule is COc1ccc(F)cc1C(C#N)CCOc1ccccc1C. The predicted molar refractivity (Wildman–Crippen MR) is 82.6 cm³/mol. The van der Waals surface area contributed by atoms with E-state index in [1.807, 2.05) is 31.2 Å². The Morgan fingerprint density at radius 2 is 1.95 bits per heavy atom. The highest BCUT2D eigenvalue weighted by atomic mass is 19.1. The lowest BCUT2D eigenvalue weighted by Crippen LogP contribution is -2.07. The lowest BCUT2D eigenvalue weighted by atomic mass is 9.96. The van der Waals surface area contributed by atoms with Gasteiger partial charge >= 0.3 is 0 Å². The molecule has 2 aromatic carbocycles. The summed E-state index contributed by atoms with van der Waals surface area (Å²) in [4.78, 5) is 0. The Morgan fingerprint density at radius 1 is 1.18 bits per heavy atom. The normalized spacial score (nSPS) is 11.5. The van der Waals surface area contributed by atoms with E-state index in [9.17, 15) is 9.65 Å². The van der Waals surface area contributed by atoms with Gasteiger partial charge in [0.1, 0.15) is 17.3 Å². The number of nitriles is 1. The molecular formula is C18H18FNO2. The number of hydrogen-bond donors (Lipinski definition) is 0. The van der Waals surface area contributed by atoms with E-state index in [1.165, 1.54) is 25.3 Å². The van der Waals surface area contributed by atoms with E-state index in [0.29, 0.717) is 24.3 Å². The highest BCUT2D eigenvalue weighted by Gasteiger charge is 2.17. The topological polar surface area (TPSA) is 42.2 Å². The molecule has 0 aromatic heterocycles. The quantitative estimate of drug-likeness (QED) is 0.802. The first-order chi connectivity index (χ1) is 10.7. The monoisotopic (exact) mass is 299 g/mol. The van der Waals surface area contributed by atoms with Gasteiger partial charge in [0.2, 0.25) is 0 Å². The highest BCUT2D eigenvalue weighted by molar-refractivity contribution is 5.39. The summed E-state index contributed by atoms with van der Waals surface area (Å²) in [5, 5.41) is 9.36. The molecule has 4 heteroatoms. The second-order valence-corrected chi connectivity index (χ2v) is 4.97. The average Bonchev–Trinajstić information content (AvgIpc) is 2.53. The Kier molecular flexibility index (Phi) is 5.37. The van der Waals surface area contributed by atoms with Gasteiger partial charge in [0.15, 0.2) is 0 Å². The molecule has 2 aromatic rings. The molecule has 22 heavy (non-hydrogen) atoms. The Balaban J connectivity index is 2.06. The van der Waals surface area contributed by atoms with Gasteiger partial charge in [0.25, 0.3) is 0 Å². The number of para-hydroxylation sites is 1. The Labute approximate surface area is 129 Å². The molecule has 0 heterocycles. The van der Waals surface area contributed by atoms with Crippen LogP contribution in [-0.4, -0.2) is 13.7 Å². The van der Waals surface area contributed by atoms with Gasteiger partial charge in [-0.1, -0.05) is 18.2 Å². The number of rotatable bonds is 6. The predicted octanol–water partition coefficient (Wildman–Crippen LogP) is 4.22. The third-order valence-corrected chi connectivity index (χ3v) is 3.48. The number of aryl methyl sites for hydroxylation is 1. The summed E-state index contributed by atoms with van der Waals surface area (Å²) in [6, 6.07) is 14.1. The van der Waals surface area contributed by atoms with Gasteiger partial charge in [-0.25, -0.2) is 4.39 Å². The van der Waals surface area contributed by atoms with Gasteiger partial charge in [-0.05, 0) is 36.8 Å². The van der Waals surface area contributed by atoms with E-state index in [-0.39, 0.29) is 5.82 Å². The standard InChI is InChI=1S/C18H18FNO2/c1-13-5-3-4-6-17(13)22-10-9-14(12-20)16-11-15(19)7-8-18(16)21-2/h3-8,11,14H,9-10H2,1-2H3. The molecule has 114 valence electrons. The highest BCUT2D eigenvalue weighted by Crippen LogP contribution is 2.29. The molecule has 0 aliphatic rings. The maximum absolute atomic E-state index is 13.4. The zero-order valence-corrected chi connectivity index (χ0v) is 12.7. The van der Waals surface area contributed by atoms with E-state index in [4.69, 9.17) is 9.47 Å². The maximum Gasteiger partial charge on any atom is 0.123 e. The second kappa shape index (κ2) is 7.46. The lowest BCUT2D eigenvalue weighted by Gasteiger charge is -2.15. The summed E-state index contributed by atoms with van der Waals surface area (Å²) < 4.78 is 24.3. The summed E-state index contributed by atoms with van der Waals surface area (Å²) in [6.07, 6.45) is 0.463. The van der Waals surface area contributed by atoms with Gasteiger partial charge in [0, 0.05) is 12.0 Å². The van der Waals surface area contributed by atoms with Crippen LogP contribution in [0.5, 0.6) is 11.5 Å². The van der Waals surface area contributed by atoms with Crippen molar-refractivity contribution >= 4 is 0 Å². The second-order valence-electron chi connectivity index (χ2n) is 4.97. The van der Waals surface area contributed by atoms with Crippen LogP contribution < -0.4 is 9.47 Å². The molecule has 0 spiro atoms. The van der Waals surface area contributed by atoms with Crippen LogP contribution >= 0.6 is 0 Å². The summed E-state index contributed by atoms with van der Waals surface area (Å²) in [5.74, 6) is 0.458. The molecule has 2 rings (SSSR count). The smallest absolute Gasteiger partial charge is 0.123 e. The largest absolute Gasteiger partial charge is 0.496 e. The molecule has 0 fully saturated rings. The fourth-order valence-corrected chi connectivity index (χ4v) is 2.27. The molecule has 0 saturated heterocycles. The zero-order valence-electron chi connectivity index (χ0n) is 12.7. The molecule has 3 nitrogen and oxygen atoms in total. The molecule has 1 atom stereocenters. The average molecular weight is 299 g/mol. The van der Waals surface area contributed by atoms with Gasteiger partial charge in [-0.3, -0.25) is 0 Å². The molecule has 0 amide bonds. The number of ether oxygens (including phenoxy) is 2. The fraction of sp³-hybridized carbons (Fsp3) is 0.278. The van der Waals surface area contributed by atoms with Crippen molar-refractivity contribution in [2.45, 2.75) is 19.3 Å². The lowest BCUT2D eigenvalue weighted by molar-refractivity contribution is 0.302. The minimum absolute atomic E-state index is 0.378. The minimum atomic E-state index is -0.477. The summed E-state index contributed by atoms with van der Waals surface area (Å²) in [5.41, 5.74) is 1.60. The molecule has 0 N–H and O–H groups in total. The zero-order chi connectivity index (χ0) is 15.9. The van der Waals surface area contributed by atoms with Gasteiger partial charge in [0.05, 0.1) is 25.7 Å².